The summed E-state index contributed by atoms with van der Waals surface area (Å²) in [6.45, 7) is 14.3. The molecule has 3 heteroatoms. The lowest BCUT2D eigenvalue weighted by Crippen LogP contribution is -2.35. The molecule has 0 aliphatic rings. The second-order valence-electron chi connectivity index (χ2n) is 6.37. The van der Waals surface area contributed by atoms with Gasteiger partial charge in [-0.3, -0.25) is 0 Å². The molecule has 0 saturated carbocycles. The topological polar surface area (TPSA) is 30.5 Å². The molecule has 0 bridgehead atoms. The molecule has 0 aliphatic heterocycles. The lowest BCUT2D eigenvalue weighted by atomic mass is 10.1. The normalized spacial score (nSPS) is 11.8. The number of hydrogen-bond acceptors (Lipinski definition) is 3. The van der Waals surface area contributed by atoms with Crippen molar-refractivity contribution in [2.24, 2.45) is 0 Å². The zero-order valence-corrected chi connectivity index (χ0v) is 14.5. The monoisotopic (exact) mass is 293 g/mol. The molecule has 0 heterocycles. The summed E-state index contributed by atoms with van der Waals surface area (Å²) >= 11 is 0. The van der Waals surface area contributed by atoms with Crippen LogP contribution in [0.25, 0.3) is 0 Å². The van der Waals surface area contributed by atoms with E-state index in [9.17, 15) is 0 Å². The van der Waals surface area contributed by atoms with Crippen LogP contribution in [0.3, 0.4) is 0 Å². The maximum atomic E-state index is 6.05. The Morgan fingerprint density at radius 2 is 1.71 bits per heavy atom. The molecule has 0 unspecified atom stereocenters. The summed E-state index contributed by atoms with van der Waals surface area (Å²) in [5.74, 6) is 1.70. The van der Waals surface area contributed by atoms with Gasteiger partial charge in [-0.15, -0.1) is 0 Å². The minimum atomic E-state index is 0.108. The molecule has 0 atom stereocenters. The molecule has 1 rings (SSSR count). The van der Waals surface area contributed by atoms with Gasteiger partial charge < -0.3 is 14.8 Å². The largest absolute Gasteiger partial charge is 0.490 e. The van der Waals surface area contributed by atoms with E-state index in [1.54, 1.807) is 0 Å². The van der Waals surface area contributed by atoms with Crippen LogP contribution in [0.2, 0.25) is 0 Å². The highest BCUT2D eigenvalue weighted by atomic mass is 16.5. The van der Waals surface area contributed by atoms with E-state index in [0.29, 0.717) is 6.61 Å². The Morgan fingerprint density at radius 1 is 1.05 bits per heavy atom. The van der Waals surface area contributed by atoms with E-state index in [1.807, 2.05) is 13.0 Å². The highest BCUT2D eigenvalue weighted by Gasteiger charge is 2.13. The van der Waals surface area contributed by atoms with Crippen molar-refractivity contribution in [3.05, 3.63) is 23.8 Å². The van der Waals surface area contributed by atoms with Crippen LogP contribution in [0.5, 0.6) is 11.5 Å². The molecule has 1 aromatic carbocycles. The van der Waals surface area contributed by atoms with Crippen molar-refractivity contribution in [3.8, 4) is 11.5 Å². The Bertz CT molecular complexity index is 420. The van der Waals surface area contributed by atoms with E-state index in [0.717, 1.165) is 30.9 Å². The third-order valence-corrected chi connectivity index (χ3v) is 3.34. The summed E-state index contributed by atoms with van der Waals surface area (Å²) in [4.78, 5) is 0. The van der Waals surface area contributed by atoms with Gasteiger partial charge in [0, 0.05) is 12.1 Å². The van der Waals surface area contributed by atoms with Crippen molar-refractivity contribution in [3.63, 3.8) is 0 Å². The first-order valence-corrected chi connectivity index (χ1v) is 8.07. The first-order chi connectivity index (χ1) is 9.89. The van der Waals surface area contributed by atoms with Crippen LogP contribution in [0.4, 0.5) is 0 Å². The fourth-order valence-corrected chi connectivity index (χ4v) is 2.03. The summed E-state index contributed by atoms with van der Waals surface area (Å²) in [6.07, 6.45) is 2.27. The first kappa shape index (κ1) is 17.8. The van der Waals surface area contributed by atoms with Crippen molar-refractivity contribution in [2.45, 2.75) is 72.6 Å². The molecule has 21 heavy (non-hydrogen) atoms. The van der Waals surface area contributed by atoms with E-state index >= 15 is 0 Å². The van der Waals surface area contributed by atoms with E-state index in [2.05, 4.69) is 52.1 Å². The smallest absolute Gasteiger partial charge is 0.161 e. The Morgan fingerprint density at radius 3 is 2.24 bits per heavy atom. The Balaban J connectivity index is 2.85. The van der Waals surface area contributed by atoms with Crippen LogP contribution in [-0.4, -0.2) is 18.2 Å². The number of nitrogens with one attached hydrogen (secondary N) is 1. The molecular formula is C18H31NO2. The molecule has 0 spiro atoms. The number of benzene rings is 1. The van der Waals surface area contributed by atoms with Gasteiger partial charge in [0.1, 0.15) is 0 Å². The zero-order chi connectivity index (χ0) is 15.9. The van der Waals surface area contributed by atoms with E-state index in [4.69, 9.17) is 9.47 Å². The molecule has 0 aromatic heterocycles. The minimum Gasteiger partial charge on any atom is -0.490 e. The fraction of sp³-hybridized carbons (Fsp3) is 0.667. The molecule has 120 valence electrons. The first-order valence-electron chi connectivity index (χ1n) is 8.07. The molecule has 1 N–H and O–H groups in total. The van der Waals surface area contributed by atoms with Crippen LogP contribution in [0, 0.1) is 0 Å². The van der Waals surface area contributed by atoms with Gasteiger partial charge >= 0.3 is 0 Å². The lowest BCUT2D eigenvalue weighted by molar-refractivity contribution is 0.181. The van der Waals surface area contributed by atoms with Crippen molar-refractivity contribution in [1.29, 1.82) is 0 Å². The van der Waals surface area contributed by atoms with Gasteiger partial charge in [0.15, 0.2) is 11.5 Å². The Kier molecular flexibility index (Phi) is 7.03. The summed E-state index contributed by atoms with van der Waals surface area (Å²) in [7, 11) is 0. The van der Waals surface area contributed by atoms with Crippen molar-refractivity contribution in [1.82, 2.24) is 5.32 Å². The summed E-state index contributed by atoms with van der Waals surface area (Å²) < 4.78 is 11.8. The Labute approximate surface area is 130 Å². The standard InChI is InChI=1S/C18H31NO2/c1-7-15(8-2)21-16-11-10-14(12-17(16)20-9-3)13-19-18(4,5)6/h10-12,15,19H,7-9,13H2,1-6H3. The predicted octanol–water partition coefficient (Wildman–Crippen LogP) is 4.54. The zero-order valence-electron chi connectivity index (χ0n) is 14.5. The van der Waals surface area contributed by atoms with Crippen LogP contribution in [0.1, 0.15) is 59.9 Å². The summed E-state index contributed by atoms with van der Waals surface area (Å²) in [5.41, 5.74) is 1.32. The maximum Gasteiger partial charge on any atom is 0.161 e. The second kappa shape index (κ2) is 8.28. The quantitative estimate of drug-likeness (QED) is 0.763. The van der Waals surface area contributed by atoms with Crippen LogP contribution in [0.15, 0.2) is 18.2 Å². The van der Waals surface area contributed by atoms with Gasteiger partial charge in [0.05, 0.1) is 12.7 Å². The van der Waals surface area contributed by atoms with Crippen LogP contribution in [-0.2, 0) is 6.54 Å². The third-order valence-electron chi connectivity index (χ3n) is 3.34. The molecule has 0 fully saturated rings. The highest BCUT2D eigenvalue weighted by Crippen LogP contribution is 2.30. The number of hydrogen-bond donors (Lipinski definition) is 1. The highest BCUT2D eigenvalue weighted by molar-refractivity contribution is 5.43. The third kappa shape index (κ3) is 6.38. The van der Waals surface area contributed by atoms with Gasteiger partial charge in [-0.1, -0.05) is 19.9 Å². The van der Waals surface area contributed by atoms with Crippen LogP contribution >= 0.6 is 0 Å². The molecule has 0 amide bonds. The van der Waals surface area contributed by atoms with Gasteiger partial charge in [-0.25, -0.2) is 0 Å². The van der Waals surface area contributed by atoms with Gasteiger partial charge in [-0.05, 0) is 58.2 Å². The van der Waals surface area contributed by atoms with E-state index < -0.39 is 0 Å². The van der Waals surface area contributed by atoms with E-state index in [-0.39, 0.29) is 11.6 Å². The van der Waals surface area contributed by atoms with Crippen molar-refractivity contribution in [2.75, 3.05) is 6.61 Å². The van der Waals surface area contributed by atoms with Crippen LogP contribution < -0.4 is 14.8 Å². The summed E-state index contributed by atoms with van der Waals surface area (Å²) in [5, 5.41) is 3.49. The van der Waals surface area contributed by atoms with Gasteiger partial charge in [0.2, 0.25) is 0 Å². The maximum absolute atomic E-state index is 6.05. The average molecular weight is 293 g/mol. The van der Waals surface area contributed by atoms with Crippen molar-refractivity contribution >= 4 is 0 Å². The molecule has 0 saturated heterocycles. The number of ether oxygens (including phenoxy) is 2. The lowest BCUT2D eigenvalue weighted by Gasteiger charge is -2.22. The summed E-state index contributed by atoms with van der Waals surface area (Å²) in [6, 6.07) is 6.22. The molecule has 3 nitrogen and oxygen atoms in total. The fourth-order valence-electron chi connectivity index (χ4n) is 2.03. The SMILES string of the molecule is CCOc1cc(CNC(C)(C)C)ccc1OC(CC)CC. The van der Waals surface area contributed by atoms with E-state index in [1.165, 1.54) is 5.56 Å². The molecule has 0 aliphatic carbocycles. The average Bonchev–Trinajstić information content (AvgIpc) is 2.43. The molecular weight excluding hydrogens is 262 g/mol. The Hall–Kier alpha value is -1.22. The second-order valence-corrected chi connectivity index (χ2v) is 6.37. The van der Waals surface area contributed by atoms with Gasteiger partial charge in [-0.2, -0.15) is 0 Å². The molecule has 1 aromatic rings. The number of rotatable bonds is 8. The van der Waals surface area contributed by atoms with Crippen molar-refractivity contribution < 1.29 is 9.47 Å². The predicted molar refractivity (Wildman–Crippen MR) is 89.2 cm³/mol. The minimum absolute atomic E-state index is 0.108. The molecule has 0 radical (unpaired) electrons. The van der Waals surface area contributed by atoms with Gasteiger partial charge in [0.25, 0.3) is 0 Å².